The van der Waals surface area contributed by atoms with E-state index in [0.29, 0.717) is 7.11 Å². The van der Waals surface area contributed by atoms with Crippen LogP contribution in [0.4, 0.5) is 19.4 Å². The zero-order valence-electron chi connectivity index (χ0n) is 9.68. The summed E-state index contributed by atoms with van der Waals surface area (Å²) >= 11 is 11.1. The Kier molecular flexibility index (Phi) is 3.84. The van der Waals surface area contributed by atoms with Crippen LogP contribution in [-0.2, 0) is 9.53 Å². The number of halogens is 7. The average Bonchev–Trinajstić information content (AvgIpc) is 2.20. The first kappa shape index (κ1) is 17.1. The Balaban J connectivity index is 3.55. The molecule has 1 rings (SSSR count). The molecule has 0 saturated heterocycles. The highest BCUT2D eigenvalue weighted by atomic mass is 35.5. The van der Waals surface area contributed by atoms with Gasteiger partial charge in [-0.3, -0.25) is 0 Å². The van der Waals surface area contributed by atoms with Gasteiger partial charge in [0.1, 0.15) is 0 Å². The summed E-state index contributed by atoms with van der Waals surface area (Å²) in [5.41, 5.74) is -0.406. The molecule has 0 N–H and O–H groups in total. The molecule has 0 radical (unpaired) electrons. The molecule has 0 atom stereocenters. The lowest BCUT2D eigenvalue weighted by Gasteiger charge is -2.40. The van der Waals surface area contributed by atoms with Crippen molar-refractivity contribution in [2.75, 3.05) is 7.11 Å². The van der Waals surface area contributed by atoms with E-state index in [9.17, 15) is 24.2 Å². The van der Waals surface area contributed by atoms with Crippen molar-refractivity contribution in [3.05, 3.63) is 38.7 Å². The van der Waals surface area contributed by atoms with Crippen molar-refractivity contribution in [1.82, 2.24) is 0 Å². The standard InChI is InChI=1S/C10H7Cl2F5O2S/c1-19-10(18)9(20(13,14,15,16)17)4-6-2-7(11)5-8(12)3-6/h2-5H,1H3/b9-4-. The summed E-state index contributed by atoms with van der Waals surface area (Å²) in [6, 6.07) is 3.08. The summed E-state index contributed by atoms with van der Waals surface area (Å²) in [6.07, 6.45) is -0.0504. The lowest BCUT2D eigenvalue weighted by molar-refractivity contribution is -0.135. The van der Waals surface area contributed by atoms with E-state index in [1.807, 2.05) is 0 Å². The summed E-state index contributed by atoms with van der Waals surface area (Å²) < 4.78 is 67.6. The molecule has 0 heterocycles. The number of carbonyl (C=O) groups excluding carboxylic acids is 1. The fraction of sp³-hybridized carbons (Fsp3) is 0.100. The number of methoxy groups -OCH3 is 1. The third-order valence-electron chi connectivity index (χ3n) is 1.98. The Bertz CT molecular complexity index is 577. The maximum absolute atomic E-state index is 12.8. The van der Waals surface area contributed by atoms with Gasteiger partial charge in [0.05, 0.1) is 7.11 Å². The predicted molar refractivity (Wildman–Crippen MR) is 69.6 cm³/mol. The van der Waals surface area contributed by atoms with Crippen LogP contribution in [0.1, 0.15) is 5.56 Å². The summed E-state index contributed by atoms with van der Waals surface area (Å²) in [4.78, 5) is 8.34. The van der Waals surface area contributed by atoms with Gasteiger partial charge in [-0.1, -0.05) is 42.6 Å². The highest BCUT2D eigenvalue weighted by Gasteiger charge is 2.70. The Morgan fingerprint density at radius 3 is 1.90 bits per heavy atom. The highest BCUT2D eigenvalue weighted by Crippen LogP contribution is 3.02. The van der Waals surface area contributed by atoms with Gasteiger partial charge in [-0.2, -0.15) is 0 Å². The van der Waals surface area contributed by atoms with E-state index in [0.717, 1.165) is 12.1 Å². The van der Waals surface area contributed by atoms with Crippen LogP contribution in [0, 0.1) is 0 Å². The number of ether oxygens (including phenoxy) is 1. The first-order valence-corrected chi connectivity index (χ1v) is 7.44. The third kappa shape index (κ3) is 4.53. The minimum atomic E-state index is -10.2. The number of esters is 1. The lowest BCUT2D eigenvalue weighted by Crippen LogP contribution is -2.18. The first-order chi connectivity index (χ1) is 8.72. The molecule has 0 unspecified atom stereocenters. The van der Waals surface area contributed by atoms with Crippen LogP contribution >= 0.6 is 33.4 Å². The molecule has 2 nitrogen and oxygen atoms in total. The molecule has 20 heavy (non-hydrogen) atoms. The smallest absolute Gasteiger partial charge is 0.353 e. The Labute approximate surface area is 120 Å². The zero-order valence-corrected chi connectivity index (χ0v) is 12.0. The van der Waals surface area contributed by atoms with Crippen LogP contribution in [0.15, 0.2) is 23.1 Å². The van der Waals surface area contributed by atoms with Gasteiger partial charge in [-0.05, 0) is 29.8 Å². The van der Waals surface area contributed by atoms with Crippen LogP contribution in [0.3, 0.4) is 0 Å². The van der Waals surface area contributed by atoms with Gasteiger partial charge in [0, 0.05) is 10.0 Å². The van der Waals surface area contributed by atoms with Crippen molar-refractivity contribution < 1.29 is 29.0 Å². The van der Waals surface area contributed by atoms with Gasteiger partial charge in [0.15, 0.2) is 4.91 Å². The number of hydrogen-bond donors (Lipinski definition) is 0. The highest BCUT2D eigenvalue weighted by molar-refractivity contribution is 8.49. The van der Waals surface area contributed by atoms with Gasteiger partial charge < -0.3 is 4.74 Å². The second kappa shape index (κ2) is 4.51. The summed E-state index contributed by atoms with van der Waals surface area (Å²) in [5.74, 6) is -2.19. The summed E-state index contributed by atoms with van der Waals surface area (Å²) in [5, 5.41) is -0.148. The topological polar surface area (TPSA) is 26.3 Å². The van der Waals surface area contributed by atoms with Crippen molar-refractivity contribution in [2.24, 2.45) is 0 Å². The van der Waals surface area contributed by atoms with Crippen molar-refractivity contribution in [2.45, 2.75) is 0 Å². The SMILES string of the molecule is COC(=O)/C(=C/c1cc(Cl)cc(Cl)c1)S(F)(F)(F)(F)F. The molecule has 0 aliphatic rings. The van der Waals surface area contributed by atoms with Gasteiger partial charge in [0.25, 0.3) is 0 Å². The van der Waals surface area contributed by atoms with E-state index in [-0.39, 0.29) is 16.1 Å². The molecule has 0 aliphatic heterocycles. The maximum Gasteiger partial charge on any atom is 0.353 e. The van der Waals surface area contributed by atoms with Crippen LogP contribution in [0.5, 0.6) is 0 Å². The van der Waals surface area contributed by atoms with Gasteiger partial charge in [-0.15, -0.1) is 0 Å². The molecule has 1 aromatic carbocycles. The molecule has 0 aromatic heterocycles. The van der Waals surface area contributed by atoms with E-state index in [1.165, 1.54) is 6.07 Å². The second-order valence-corrected chi connectivity index (χ2v) is 6.92. The van der Waals surface area contributed by atoms with Gasteiger partial charge in [-0.25, -0.2) is 4.79 Å². The normalized spacial score (nSPS) is 16.3. The monoisotopic (exact) mass is 356 g/mol. The fourth-order valence-corrected chi connectivity index (χ4v) is 2.54. The van der Waals surface area contributed by atoms with Crippen LogP contribution in [0.25, 0.3) is 6.08 Å². The minimum Gasteiger partial charge on any atom is -0.465 e. The van der Waals surface area contributed by atoms with Crippen molar-refractivity contribution >= 4 is 45.5 Å². The number of hydrogen-bond acceptors (Lipinski definition) is 2. The molecule has 1 aromatic rings. The summed E-state index contributed by atoms with van der Waals surface area (Å²) in [7, 11) is -9.64. The summed E-state index contributed by atoms with van der Waals surface area (Å²) in [6.45, 7) is 0. The fourth-order valence-electron chi connectivity index (χ4n) is 1.24. The average molecular weight is 357 g/mol. The molecule has 0 spiro atoms. The molecule has 10 heteroatoms. The van der Waals surface area contributed by atoms with E-state index >= 15 is 0 Å². The van der Waals surface area contributed by atoms with E-state index in [4.69, 9.17) is 23.2 Å². The second-order valence-electron chi connectivity index (χ2n) is 3.67. The van der Waals surface area contributed by atoms with Crippen LogP contribution in [-0.4, -0.2) is 13.1 Å². The minimum absolute atomic E-state index is 0.0504. The molecule has 114 valence electrons. The maximum atomic E-state index is 12.8. The zero-order chi connectivity index (χ0) is 15.8. The van der Waals surface area contributed by atoms with E-state index < -0.39 is 26.7 Å². The largest absolute Gasteiger partial charge is 0.465 e. The Hall–Kier alpha value is -0.990. The van der Waals surface area contributed by atoms with Gasteiger partial charge >= 0.3 is 16.2 Å². The predicted octanol–water partition coefficient (Wildman–Crippen LogP) is 5.81. The molecule has 0 fully saturated rings. The molecular formula is C10H7Cl2F5O2S. The molecule has 0 saturated carbocycles. The van der Waals surface area contributed by atoms with Crippen molar-refractivity contribution in [1.29, 1.82) is 0 Å². The molecule has 0 bridgehead atoms. The van der Waals surface area contributed by atoms with E-state index in [1.54, 1.807) is 0 Å². The Morgan fingerprint density at radius 1 is 1.10 bits per heavy atom. The lowest BCUT2D eigenvalue weighted by atomic mass is 10.2. The quantitative estimate of drug-likeness (QED) is 0.388. The van der Waals surface area contributed by atoms with E-state index in [2.05, 4.69) is 4.74 Å². The first-order valence-electron chi connectivity index (χ1n) is 4.73. The molecular weight excluding hydrogens is 350 g/mol. The Morgan fingerprint density at radius 2 is 1.55 bits per heavy atom. The number of carbonyl (C=O) groups is 1. The van der Waals surface area contributed by atoms with Crippen LogP contribution in [0.2, 0.25) is 10.0 Å². The number of rotatable bonds is 3. The van der Waals surface area contributed by atoms with Crippen molar-refractivity contribution in [3.8, 4) is 0 Å². The molecule has 0 amide bonds. The van der Waals surface area contributed by atoms with Crippen LogP contribution < -0.4 is 0 Å². The number of benzene rings is 1. The third-order valence-corrected chi connectivity index (χ3v) is 3.54. The van der Waals surface area contributed by atoms with Gasteiger partial charge in [0.2, 0.25) is 0 Å². The van der Waals surface area contributed by atoms with Crippen molar-refractivity contribution in [3.63, 3.8) is 0 Å². The molecule has 0 aliphatic carbocycles.